The quantitative estimate of drug-likeness (QED) is 0.176. The smallest absolute Gasteiger partial charge is 0.293 e. The van der Waals surface area contributed by atoms with Crippen LogP contribution in [0.5, 0.6) is 5.75 Å². The first kappa shape index (κ1) is 37.8. The Bertz CT molecular complexity index is 2710. The molecule has 6 aromatic rings. The van der Waals surface area contributed by atoms with Gasteiger partial charge in [0.2, 0.25) is 5.95 Å². The van der Waals surface area contributed by atoms with Gasteiger partial charge in [0.1, 0.15) is 21.9 Å². The van der Waals surface area contributed by atoms with Crippen LogP contribution in [0.3, 0.4) is 0 Å². The number of likely N-dealkylation sites (N-methyl/N-ethyl adjacent to an activating group) is 1. The van der Waals surface area contributed by atoms with E-state index < -0.39 is 0 Å². The second-order valence-electron chi connectivity index (χ2n) is 15.5. The molecule has 58 heavy (non-hydrogen) atoms. The normalized spacial score (nSPS) is 18.7. The minimum atomic E-state index is -0.326. The highest BCUT2D eigenvalue weighted by molar-refractivity contribution is 7.15. The molecule has 1 spiro atoms. The number of anilines is 4. The lowest BCUT2D eigenvalue weighted by Gasteiger charge is -2.26. The Morgan fingerprint density at radius 2 is 1.79 bits per heavy atom. The zero-order chi connectivity index (χ0) is 40.5. The van der Waals surface area contributed by atoms with Crippen LogP contribution in [0.1, 0.15) is 59.0 Å². The number of rotatable bonds is 8. The Morgan fingerprint density at radius 3 is 2.57 bits per heavy atom. The van der Waals surface area contributed by atoms with E-state index >= 15 is 0 Å². The molecule has 2 saturated heterocycles. The lowest BCUT2D eigenvalue weighted by atomic mass is 9.86. The van der Waals surface area contributed by atoms with Gasteiger partial charge in [-0.1, -0.05) is 23.7 Å². The fraction of sp³-hybridized carbons (Fsp3) is 0.357. The van der Waals surface area contributed by atoms with E-state index in [2.05, 4.69) is 85.2 Å². The number of aromatic nitrogens is 6. The van der Waals surface area contributed by atoms with E-state index in [0.29, 0.717) is 22.3 Å². The fourth-order valence-corrected chi connectivity index (χ4v) is 9.84. The number of ether oxygens (including phenoxy) is 1. The van der Waals surface area contributed by atoms with Crippen LogP contribution in [-0.2, 0) is 11.8 Å². The second-order valence-corrected chi connectivity index (χ2v) is 17.2. The molecule has 3 aliphatic heterocycles. The van der Waals surface area contributed by atoms with Gasteiger partial charge in [-0.15, -0.1) is 21.5 Å². The molecule has 14 nitrogen and oxygen atoms in total. The number of halogens is 1. The number of pyridine rings is 1. The molecular formula is C42H44ClN11O3S. The van der Waals surface area contributed by atoms with Crippen LogP contribution in [0, 0.1) is 26.2 Å². The van der Waals surface area contributed by atoms with Gasteiger partial charge in [-0.3, -0.25) is 19.1 Å². The van der Waals surface area contributed by atoms with Crippen molar-refractivity contribution < 1.29 is 9.53 Å². The Kier molecular flexibility index (Phi) is 9.47. The van der Waals surface area contributed by atoms with Gasteiger partial charge in [0, 0.05) is 78.5 Å². The molecule has 2 N–H and O–H groups in total. The summed E-state index contributed by atoms with van der Waals surface area (Å²) in [5.41, 5.74) is 6.98. The largest absolute Gasteiger partial charge is 0.478 e. The van der Waals surface area contributed by atoms with Gasteiger partial charge in [-0.25, -0.2) is 4.98 Å². The molecule has 4 aromatic heterocycles. The summed E-state index contributed by atoms with van der Waals surface area (Å²) in [4.78, 5) is 45.4. The molecule has 2 fully saturated rings. The zero-order valence-electron chi connectivity index (χ0n) is 33.3. The molecule has 16 heteroatoms. The molecule has 3 aliphatic rings. The third-order valence-corrected chi connectivity index (χ3v) is 13.3. The Labute approximate surface area is 344 Å². The van der Waals surface area contributed by atoms with Crippen molar-refractivity contribution in [2.75, 3.05) is 55.0 Å². The first-order chi connectivity index (χ1) is 27.9. The lowest BCUT2D eigenvalue weighted by Crippen LogP contribution is -2.31. The highest BCUT2D eigenvalue weighted by Crippen LogP contribution is 2.43. The number of nitrogens with one attached hydrogen (secondary N) is 2. The number of carbonyl (C=O) groups excluding carboxylic acids is 1. The number of thiophene rings is 1. The number of nitrogens with zero attached hydrogens (tertiary/aromatic N) is 9. The SMILES string of the molecule is CNC(=O)COc1cc2cc(Nc3nc(N4CCC5(CCN(c6ccc(C7=N[C@@H](C)c8nnc(C)n8-c8sc(C)c(C)c87)cc6)C5)C4)ncc3Cl)ccc2n(C)c1=O. The average Bonchev–Trinajstić information content (AvgIpc) is 4.00. The molecular weight excluding hydrogens is 774 g/mol. The van der Waals surface area contributed by atoms with Gasteiger partial charge in [0.05, 0.1) is 17.4 Å². The van der Waals surface area contributed by atoms with E-state index in [1.54, 1.807) is 30.6 Å². The molecule has 0 saturated carbocycles. The summed E-state index contributed by atoms with van der Waals surface area (Å²) in [6.07, 6.45) is 3.77. The van der Waals surface area contributed by atoms with Crippen LogP contribution < -0.4 is 30.7 Å². The van der Waals surface area contributed by atoms with Crippen LogP contribution in [0.15, 0.2) is 64.5 Å². The summed E-state index contributed by atoms with van der Waals surface area (Å²) < 4.78 is 9.22. The van der Waals surface area contributed by atoms with Crippen molar-refractivity contribution in [2.45, 2.75) is 46.6 Å². The number of aryl methyl sites for hydroxylation is 3. The number of fused-ring (bicyclic) bond motifs is 4. The first-order valence-corrected chi connectivity index (χ1v) is 20.6. The van der Waals surface area contributed by atoms with Gasteiger partial charge in [-0.05, 0) is 82.5 Å². The predicted molar refractivity (Wildman–Crippen MR) is 229 cm³/mol. The Balaban J connectivity index is 0.897. The molecule has 298 valence electrons. The van der Waals surface area contributed by atoms with E-state index in [0.717, 1.165) is 78.0 Å². The predicted octanol–water partition coefficient (Wildman–Crippen LogP) is 6.44. The summed E-state index contributed by atoms with van der Waals surface area (Å²) in [5.74, 6) is 2.64. The van der Waals surface area contributed by atoms with Crippen molar-refractivity contribution in [2.24, 2.45) is 17.5 Å². The third-order valence-electron chi connectivity index (χ3n) is 11.8. The van der Waals surface area contributed by atoms with E-state index in [1.807, 2.05) is 25.1 Å². The summed E-state index contributed by atoms with van der Waals surface area (Å²) >= 11 is 8.42. The summed E-state index contributed by atoms with van der Waals surface area (Å²) in [7, 11) is 3.19. The Hall–Kier alpha value is -5.80. The van der Waals surface area contributed by atoms with Gasteiger partial charge >= 0.3 is 0 Å². The number of hydrogen-bond donors (Lipinski definition) is 2. The standard InChI is InChI=1S/C42H44ClN11O3S/c1-23-25(3)58-40-35(23)36(46-24(2)38-50-49-26(4)54(38)40)27-7-10-30(11-8-27)52-15-13-42(21-52)14-16-53(22-42)41-45-19-31(43)37(48-41)47-29-9-12-32-28(17-29)18-33(39(56)51(32)6)57-20-34(55)44-5/h7-12,17-19,24H,13-16,20-22H2,1-6H3,(H,44,55)(H,45,47,48)/t24-,42?/m0/s1. The minimum Gasteiger partial charge on any atom is -0.478 e. The number of benzene rings is 2. The van der Waals surface area contributed by atoms with E-state index in [4.69, 9.17) is 26.3 Å². The van der Waals surface area contributed by atoms with E-state index in [9.17, 15) is 9.59 Å². The monoisotopic (exact) mass is 817 g/mol. The van der Waals surface area contributed by atoms with Crippen molar-refractivity contribution >= 4 is 68.6 Å². The molecule has 1 unspecified atom stereocenters. The molecule has 1 amide bonds. The van der Waals surface area contributed by atoms with E-state index in [1.165, 1.54) is 33.3 Å². The van der Waals surface area contributed by atoms with Crippen LogP contribution in [0.4, 0.5) is 23.1 Å². The highest BCUT2D eigenvalue weighted by Gasteiger charge is 2.44. The van der Waals surface area contributed by atoms with Gasteiger partial charge in [0.15, 0.2) is 24.0 Å². The lowest BCUT2D eigenvalue weighted by molar-refractivity contribution is -0.122. The topological polar surface area (TPSA) is 148 Å². The first-order valence-electron chi connectivity index (χ1n) is 19.4. The average molecular weight is 818 g/mol. The molecule has 7 heterocycles. The Morgan fingerprint density at radius 1 is 1.03 bits per heavy atom. The van der Waals surface area contributed by atoms with Crippen molar-refractivity contribution in [3.8, 4) is 10.8 Å². The molecule has 2 atom stereocenters. The third kappa shape index (κ3) is 6.55. The van der Waals surface area contributed by atoms with Gasteiger partial charge < -0.3 is 29.7 Å². The molecule has 2 aromatic carbocycles. The maximum absolute atomic E-state index is 12.9. The van der Waals surface area contributed by atoms with Crippen LogP contribution in [0.25, 0.3) is 15.9 Å². The van der Waals surface area contributed by atoms with Crippen LogP contribution in [-0.4, -0.2) is 80.8 Å². The molecule has 0 aliphatic carbocycles. The van der Waals surface area contributed by atoms with Crippen LogP contribution >= 0.6 is 22.9 Å². The second kappa shape index (κ2) is 14.5. The van der Waals surface area contributed by atoms with E-state index in [-0.39, 0.29) is 35.3 Å². The highest BCUT2D eigenvalue weighted by atomic mass is 35.5. The molecule has 0 bridgehead atoms. The maximum atomic E-state index is 12.9. The maximum Gasteiger partial charge on any atom is 0.293 e. The number of amides is 1. The minimum absolute atomic E-state index is 0.0907. The molecule has 9 rings (SSSR count). The summed E-state index contributed by atoms with van der Waals surface area (Å²) in [5, 5.41) is 17.0. The van der Waals surface area contributed by atoms with Crippen molar-refractivity contribution in [3.63, 3.8) is 0 Å². The van der Waals surface area contributed by atoms with Crippen molar-refractivity contribution in [1.82, 2.24) is 34.6 Å². The van der Waals surface area contributed by atoms with Crippen molar-refractivity contribution in [1.29, 1.82) is 0 Å². The number of carbonyl (C=O) groups is 1. The zero-order valence-corrected chi connectivity index (χ0v) is 34.8. The summed E-state index contributed by atoms with van der Waals surface area (Å²) in [6.45, 7) is 11.8. The molecule has 0 radical (unpaired) electrons. The van der Waals surface area contributed by atoms with Crippen LogP contribution in [0.2, 0.25) is 5.02 Å². The number of hydrogen-bond acceptors (Lipinski definition) is 12. The van der Waals surface area contributed by atoms with Crippen molar-refractivity contribution in [3.05, 3.63) is 103 Å². The number of aliphatic imine (C=N–C) groups is 1. The van der Waals surface area contributed by atoms with Gasteiger partial charge in [0.25, 0.3) is 11.5 Å². The summed E-state index contributed by atoms with van der Waals surface area (Å²) in [6, 6.07) is 16.1. The fourth-order valence-electron chi connectivity index (χ4n) is 8.49. The van der Waals surface area contributed by atoms with Gasteiger partial charge in [-0.2, -0.15) is 4.98 Å².